The molecule has 0 saturated carbocycles. The normalized spacial score (nSPS) is 14.9. The van der Waals surface area contributed by atoms with E-state index in [4.69, 9.17) is 9.46 Å². The zero-order valence-corrected chi connectivity index (χ0v) is 28.3. The van der Waals surface area contributed by atoms with E-state index < -0.39 is 20.0 Å². The lowest BCUT2D eigenvalue weighted by Gasteiger charge is -2.34. The van der Waals surface area contributed by atoms with Crippen molar-refractivity contribution >= 4 is 36.9 Å². The minimum Gasteiger partial charge on any atom is -0.349 e. The first-order valence-electron chi connectivity index (χ1n) is 15.8. The van der Waals surface area contributed by atoms with Gasteiger partial charge in [-0.3, -0.25) is 9.37 Å². The van der Waals surface area contributed by atoms with Gasteiger partial charge in [0.15, 0.2) is 0 Å². The summed E-state index contributed by atoms with van der Waals surface area (Å²) >= 11 is 0. The summed E-state index contributed by atoms with van der Waals surface area (Å²) in [5, 5.41) is 7.29. The number of carbonyl (C=O) groups is 1. The van der Waals surface area contributed by atoms with Crippen LogP contribution in [0.4, 0.5) is 20.4 Å². The lowest BCUT2D eigenvalue weighted by molar-refractivity contribution is -0.222. The van der Waals surface area contributed by atoms with Crippen LogP contribution in [-0.4, -0.2) is 65.9 Å². The number of aromatic nitrogens is 3. The third-order valence-corrected chi connectivity index (χ3v) is 13.0. The van der Waals surface area contributed by atoms with Crippen molar-refractivity contribution in [3.05, 3.63) is 83.7 Å². The molecule has 2 aromatic heterocycles. The van der Waals surface area contributed by atoms with E-state index in [1.54, 1.807) is 18.3 Å². The van der Waals surface area contributed by atoms with Gasteiger partial charge in [0.25, 0.3) is 5.91 Å². The molecule has 4 aromatic rings. The average Bonchev–Trinajstić information content (AvgIpc) is 3.38. The number of amides is 1. The zero-order valence-electron chi connectivity index (χ0n) is 27.3. The smallest absolute Gasteiger partial charge is 0.251 e. The molecule has 0 aliphatic carbocycles. The molecule has 0 atom stereocenters. The van der Waals surface area contributed by atoms with Crippen LogP contribution in [-0.2, 0) is 16.0 Å². The maximum Gasteiger partial charge on any atom is 0.251 e. The number of rotatable bonds is 12. The molecule has 0 bridgehead atoms. The number of piperidine rings is 1. The van der Waals surface area contributed by atoms with Crippen molar-refractivity contribution in [2.24, 2.45) is 0 Å². The highest BCUT2D eigenvalue weighted by Crippen LogP contribution is 2.36. The summed E-state index contributed by atoms with van der Waals surface area (Å²) < 4.78 is 35.0. The Morgan fingerprint density at radius 3 is 2.41 bits per heavy atom. The van der Waals surface area contributed by atoms with E-state index in [9.17, 15) is 13.6 Å². The number of nitrogens with zero attached hydrogens (tertiary/aromatic N) is 4. The van der Waals surface area contributed by atoms with Crippen LogP contribution in [0.1, 0.15) is 56.0 Å². The minimum absolute atomic E-state index is 0.0922. The first-order chi connectivity index (χ1) is 21.9. The molecular weight excluding hydrogens is 606 g/mol. The monoisotopic (exact) mass is 650 g/mol. The molecule has 1 amide bonds. The molecular formula is C34H44F2N6O3Si. The highest BCUT2D eigenvalue weighted by Gasteiger charge is 2.39. The average molecular weight is 651 g/mol. The Labute approximate surface area is 270 Å². The highest BCUT2D eigenvalue weighted by molar-refractivity contribution is 6.73. The summed E-state index contributed by atoms with van der Waals surface area (Å²) in [5.41, 5.74) is 2.44. The first kappa shape index (κ1) is 33.6. The van der Waals surface area contributed by atoms with Gasteiger partial charge in [0.05, 0.1) is 6.61 Å². The Kier molecular flexibility index (Phi) is 10.5. The molecule has 46 heavy (non-hydrogen) atoms. The number of fused-ring (bicyclic) bond motifs is 1. The number of hydrogen-bond acceptors (Lipinski definition) is 7. The van der Waals surface area contributed by atoms with Gasteiger partial charge in [-0.05, 0) is 85.4 Å². The standard InChI is InChI=1S/C34H44F2N6O3Si/c1-34(2,3)46(4,5)45-44-18-6-14-41-15-12-30(13-16-41)38-32(43)25-7-9-29(10-8-25)39-33-37-22-26-11-17-42(31(26)40-33)23-24-19-27(35)21-28(36)20-24/h7-11,17,19-22,30H,6,12-16,18,23H2,1-5H3,(H,38,43)(H,37,39,40). The summed E-state index contributed by atoms with van der Waals surface area (Å²) in [5.74, 6) is -0.958. The van der Waals surface area contributed by atoms with Gasteiger partial charge in [-0.1, -0.05) is 20.8 Å². The van der Waals surface area contributed by atoms with E-state index in [0.29, 0.717) is 29.3 Å². The number of carbonyl (C=O) groups excluding carboxylic acids is 1. The number of nitrogens with one attached hydrogen (secondary N) is 2. The lowest BCUT2D eigenvalue weighted by Crippen LogP contribution is -2.45. The molecule has 5 rings (SSSR count). The van der Waals surface area contributed by atoms with E-state index in [1.807, 2.05) is 29.0 Å². The van der Waals surface area contributed by atoms with Gasteiger partial charge in [0, 0.05) is 67.3 Å². The van der Waals surface area contributed by atoms with E-state index in [1.165, 1.54) is 12.1 Å². The number of likely N-dealkylation sites (tertiary alicyclic amines) is 1. The van der Waals surface area contributed by atoms with E-state index in [0.717, 1.165) is 56.0 Å². The van der Waals surface area contributed by atoms with Crippen molar-refractivity contribution in [3.8, 4) is 0 Å². The first-order valence-corrected chi connectivity index (χ1v) is 18.7. The second-order valence-electron chi connectivity index (χ2n) is 13.5. The summed E-state index contributed by atoms with van der Waals surface area (Å²) in [6.07, 6.45) is 6.22. The predicted molar refractivity (Wildman–Crippen MR) is 178 cm³/mol. The molecule has 1 fully saturated rings. The van der Waals surface area contributed by atoms with Crippen LogP contribution >= 0.6 is 0 Å². The molecule has 2 aromatic carbocycles. The van der Waals surface area contributed by atoms with Crippen LogP contribution in [0.3, 0.4) is 0 Å². The van der Waals surface area contributed by atoms with Gasteiger partial charge in [-0.25, -0.2) is 18.7 Å². The molecule has 0 radical (unpaired) electrons. The summed E-state index contributed by atoms with van der Waals surface area (Å²) in [6, 6.07) is 12.6. The quantitative estimate of drug-likeness (QED) is 0.0736. The Bertz CT molecular complexity index is 1610. The Balaban J connectivity index is 1.07. The molecule has 1 aliphatic heterocycles. The predicted octanol–water partition coefficient (Wildman–Crippen LogP) is 7.04. The topological polar surface area (TPSA) is 93.5 Å². The SMILES string of the molecule is CC(C)(C)[Si](C)(C)OOCCCN1CCC(NC(=O)c2ccc(Nc3ncc4ccn(Cc5cc(F)cc(F)c5)c4n3)cc2)CC1. The maximum absolute atomic E-state index is 13.7. The number of halogens is 2. The van der Waals surface area contributed by atoms with Crippen LogP contribution in [0.5, 0.6) is 0 Å². The van der Waals surface area contributed by atoms with E-state index >= 15 is 0 Å². The maximum atomic E-state index is 13.7. The minimum atomic E-state index is -1.89. The van der Waals surface area contributed by atoms with Gasteiger partial charge in [0.1, 0.15) is 17.3 Å². The lowest BCUT2D eigenvalue weighted by atomic mass is 10.0. The van der Waals surface area contributed by atoms with Crippen molar-refractivity contribution in [1.82, 2.24) is 24.8 Å². The van der Waals surface area contributed by atoms with Crippen molar-refractivity contribution in [3.63, 3.8) is 0 Å². The van der Waals surface area contributed by atoms with Crippen molar-refractivity contribution in [1.29, 1.82) is 0 Å². The molecule has 0 unspecified atom stereocenters. The van der Waals surface area contributed by atoms with Gasteiger partial charge < -0.3 is 20.1 Å². The van der Waals surface area contributed by atoms with Crippen LogP contribution in [0.25, 0.3) is 11.0 Å². The molecule has 1 aliphatic rings. The van der Waals surface area contributed by atoms with Crippen LogP contribution < -0.4 is 10.6 Å². The van der Waals surface area contributed by atoms with E-state index in [-0.39, 0.29) is 23.5 Å². The fourth-order valence-electron chi connectivity index (χ4n) is 5.12. The Morgan fingerprint density at radius 2 is 1.74 bits per heavy atom. The molecule has 1 saturated heterocycles. The number of benzene rings is 2. The molecule has 0 spiro atoms. The number of anilines is 2. The molecule has 246 valence electrons. The highest BCUT2D eigenvalue weighted by atomic mass is 28.4. The van der Waals surface area contributed by atoms with Crippen LogP contribution in [0.15, 0.2) is 60.9 Å². The Hall–Kier alpha value is -3.71. The third kappa shape index (κ3) is 8.75. The van der Waals surface area contributed by atoms with Gasteiger partial charge in [-0.15, -0.1) is 0 Å². The zero-order chi connectivity index (χ0) is 32.9. The second-order valence-corrected chi connectivity index (χ2v) is 18.2. The van der Waals surface area contributed by atoms with Crippen LogP contribution in [0.2, 0.25) is 18.1 Å². The summed E-state index contributed by atoms with van der Waals surface area (Å²) in [7, 11) is -1.89. The second kappa shape index (κ2) is 14.4. The molecule has 3 heterocycles. The van der Waals surface area contributed by atoms with Gasteiger partial charge in [0.2, 0.25) is 14.3 Å². The van der Waals surface area contributed by atoms with Crippen molar-refractivity contribution in [2.75, 3.05) is 31.6 Å². The largest absolute Gasteiger partial charge is 0.349 e. The summed E-state index contributed by atoms with van der Waals surface area (Å²) in [4.78, 5) is 29.9. The third-order valence-electron chi connectivity index (χ3n) is 8.88. The number of hydrogen-bond donors (Lipinski definition) is 2. The van der Waals surface area contributed by atoms with E-state index in [2.05, 4.69) is 59.4 Å². The van der Waals surface area contributed by atoms with Gasteiger partial charge >= 0.3 is 0 Å². The molecule has 12 heteroatoms. The molecule has 2 N–H and O–H groups in total. The Morgan fingerprint density at radius 1 is 1.04 bits per heavy atom. The van der Waals surface area contributed by atoms with Crippen molar-refractivity contribution in [2.45, 2.75) is 70.8 Å². The van der Waals surface area contributed by atoms with Crippen LogP contribution in [0, 0.1) is 11.6 Å². The fourth-order valence-corrected chi connectivity index (χ4v) is 5.75. The summed E-state index contributed by atoms with van der Waals surface area (Å²) in [6.45, 7) is 14.6. The van der Waals surface area contributed by atoms with Crippen molar-refractivity contribution < 1.29 is 23.0 Å². The fraction of sp³-hybridized carbons (Fsp3) is 0.441. The van der Waals surface area contributed by atoms with Gasteiger partial charge in [-0.2, -0.15) is 4.98 Å². The molecule has 9 nitrogen and oxygen atoms in total.